The fraction of sp³-hybridized carbons (Fsp3) is 0.261. The van der Waals surface area contributed by atoms with Gasteiger partial charge in [0.2, 0.25) is 0 Å². The first-order chi connectivity index (χ1) is 12.3. The molecule has 0 saturated carbocycles. The molecule has 0 aliphatic heterocycles. The smallest absolute Gasteiger partial charge is 0.0346 e. The van der Waals surface area contributed by atoms with Crippen molar-refractivity contribution in [1.82, 2.24) is 10.3 Å². The number of aromatic nitrogens is 1. The summed E-state index contributed by atoms with van der Waals surface area (Å²) in [5.74, 6) is 0. The highest BCUT2D eigenvalue weighted by Gasteiger charge is 2.02. The van der Waals surface area contributed by atoms with Gasteiger partial charge in [-0.05, 0) is 54.8 Å². The van der Waals surface area contributed by atoms with E-state index in [1.807, 2.05) is 12.4 Å². The standard InChI is InChI=1S/C23H26N2/c1-19(8-4-2-5-9-20-10-6-3-7-11-20)25-17-21-12-13-23-18-24-15-14-22(23)16-21/h3,5-7,9-16,18-19,25H,2,4,8,17H2,1H3/b9-5+/t19-/m1/s1. The predicted molar refractivity (Wildman–Crippen MR) is 107 cm³/mol. The Bertz CT molecular complexity index is 808. The van der Waals surface area contributed by atoms with Crippen LogP contribution in [0, 0.1) is 0 Å². The SMILES string of the molecule is C[C@H](CCC/C=C/c1ccccc1)NCc1ccc2cnccc2c1. The Hall–Kier alpha value is -2.45. The van der Waals surface area contributed by atoms with E-state index in [0.717, 1.165) is 13.0 Å². The first-order valence-electron chi connectivity index (χ1n) is 9.09. The predicted octanol–water partition coefficient (Wildman–Crippen LogP) is 5.60. The van der Waals surface area contributed by atoms with Gasteiger partial charge < -0.3 is 5.32 Å². The van der Waals surface area contributed by atoms with Crippen LogP contribution in [0.5, 0.6) is 0 Å². The third-order valence-electron chi connectivity index (χ3n) is 4.48. The summed E-state index contributed by atoms with van der Waals surface area (Å²) in [5.41, 5.74) is 2.61. The molecule has 0 unspecified atom stereocenters. The Morgan fingerprint density at radius 3 is 2.80 bits per heavy atom. The van der Waals surface area contributed by atoms with Gasteiger partial charge in [-0.15, -0.1) is 0 Å². The van der Waals surface area contributed by atoms with Crippen LogP contribution in [-0.2, 0) is 6.54 Å². The maximum atomic E-state index is 4.16. The number of allylic oxidation sites excluding steroid dienone is 1. The molecule has 0 aliphatic carbocycles. The van der Waals surface area contributed by atoms with Crippen LogP contribution in [-0.4, -0.2) is 11.0 Å². The van der Waals surface area contributed by atoms with E-state index in [0.29, 0.717) is 6.04 Å². The molecule has 0 spiro atoms. The maximum Gasteiger partial charge on any atom is 0.0346 e. The van der Waals surface area contributed by atoms with Crippen molar-refractivity contribution in [3.63, 3.8) is 0 Å². The highest BCUT2D eigenvalue weighted by Crippen LogP contribution is 2.14. The first-order valence-corrected chi connectivity index (χ1v) is 9.09. The summed E-state index contributed by atoms with van der Waals surface area (Å²) < 4.78 is 0. The molecule has 0 amide bonds. The Morgan fingerprint density at radius 1 is 1.04 bits per heavy atom. The summed E-state index contributed by atoms with van der Waals surface area (Å²) in [4.78, 5) is 4.16. The molecule has 128 valence electrons. The number of hydrogen-bond donors (Lipinski definition) is 1. The number of benzene rings is 2. The van der Waals surface area contributed by atoms with Crippen molar-refractivity contribution < 1.29 is 0 Å². The first kappa shape index (κ1) is 17.4. The number of nitrogens with zero attached hydrogens (tertiary/aromatic N) is 1. The Kier molecular flexibility index (Phi) is 6.35. The van der Waals surface area contributed by atoms with Crippen molar-refractivity contribution in [1.29, 1.82) is 0 Å². The lowest BCUT2D eigenvalue weighted by Crippen LogP contribution is -2.25. The van der Waals surface area contributed by atoms with E-state index in [1.54, 1.807) is 0 Å². The molecular weight excluding hydrogens is 304 g/mol. The van der Waals surface area contributed by atoms with Gasteiger partial charge in [0.05, 0.1) is 0 Å². The van der Waals surface area contributed by atoms with Gasteiger partial charge in [-0.1, -0.05) is 54.6 Å². The van der Waals surface area contributed by atoms with E-state index < -0.39 is 0 Å². The van der Waals surface area contributed by atoms with Gasteiger partial charge in [0.15, 0.2) is 0 Å². The number of nitrogens with one attached hydrogen (secondary N) is 1. The molecule has 0 bridgehead atoms. The van der Waals surface area contributed by atoms with Crippen LogP contribution in [0.3, 0.4) is 0 Å². The van der Waals surface area contributed by atoms with Gasteiger partial charge >= 0.3 is 0 Å². The molecule has 0 saturated heterocycles. The molecule has 1 atom stereocenters. The summed E-state index contributed by atoms with van der Waals surface area (Å²) in [6.45, 7) is 3.19. The number of fused-ring (bicyclic) bond motifs is 1. The lowest BCUT2D eigenvalue weighted by molar-refractivity contribution is 0.500. The van der Waals surface area contributed by atoms with Gasteiger partial charge in [0.1, 0.15) is 0 Å². The molecule has 0 radical (unpaired) electrons. The van der Waals surface area contributed by atoms with E-state index in [2.05, 4.69) is 84.0 Å². The molecule has 3 aromatic rings. The normalized spacial score (nSPS) is 12.7. The van der Waals surface area contributed by atoms with Gasteiger partial charge in [0.25, 0.3) is 0 Å². The third kappa shape index (κ3) is 5.54. The molecule has 0 aliphatic rings. The minimum absolute atomic E-state index is 0.526. The van der Waals surface area contributed by atoms with Crippen molar-refractivity contribution in [3.05, 3.63) is 84.2 Å². The number of unbranched alkanes of at least 4 members (excludes halogenated alkanes) is 1. The van der Waals surface area contributed by atoms with Crippen LogP contribution in [0.1, 0.15) is 37.3 Å². The molecule has 2 heteroatoms. The minimum atomic E-state index is 0.526. The Morgan fingerprint density at radius 2 is 1.92 bits per heavy atom. The molecule has 1 heterocycles. The van der Waals surface area contributed by atoms with Crippen molar-refractivity contribution in [2.75, 3.05) is 0 Å². The second kappa shape index (κ2) is 9.14. The average molecular weight is 330 g/mol. The quantitative estimate of drug-likeness (QED) is 0.544. The van der Waals surface area contributed by atoms with Crippen LogP contribution >= 0.6 is 0 Å². The zero-order valence-electron chi connectivity index (χ0n) is 14.9. The monoisotopic (exact) mass is 330 g/mol. The maximum absolute atomic E-state index is 4.16. The van der Waals surface area contributed by atoms with Gasteiger partial charge in [0, 0.05) is 30.4 Å². The fourth-order valence-corrected chi connectivity index (χ4v) is 2.96. The highest BCUT2D eigenvalue weighted by molar-refractivity contribution is 5.81. The lowest BCUT2D eigenvalue weighted by Gasteiger charge is -2.13. The molecular formula is C23H26N2. The van der Waals surface area contributed by atoms with E-state index >= 15 is 0 Å². The largest absolute Gasteiger partial charge is 0.310 e. The summed E-state index contributed by atoms with van der Waals surface area (Å²) in [6, 6.07) is 19.7. The summed E-state index contributed by atoms with van der Waals surface area (Å²) in [7, 11) is 0. The average Bonchev–Trinajstić information content (AvgIpc) is 2.67. The van der Waals surface area contributed by atoms with Crippen LogP contribution in [0.15, 0.2) is 73.1 Å². The second-order valence-electron chi connectivity index (χ2n) is 6.58. The van der Waals surface area contributed by atoms with Crippen molar-refractivity contribution in [3.8, 4) is 0 Å². The van der Waals surface area contributed by atoms with Gasteiger partial charge in [-0.2, -0.15) is 0 Å². The molecule has 25 heavy (non-hydrogen) atoms. The molecule has 1 aromatic heterocycles. The van der Waals surface area contributed by atoms with E-state index in [4.69, 9.17) is 0 Å². The van der Waals surface area contributed by atoms with E-state index in [-0.39, 0.29) is 0 Å². The van der Waals surface area contributed by atoms with E-state index in [1.165, 1.54) is 34.7 Å². The lowest BCUT2D eigenvalue weighted by atomic mass is 10.1. The van der Waals surface area contributed by atoms with Crippen molar-refractivity contribution in [2.45, 2.75) is 38.8 Å². The fourth-order valence-electron chi connectivity index (χ4n) is 2.96. The van der Waals surface area contributed by atoms with Gasteiger partial charge in [-0.3, -0.25) is 4.98 Å². The van der Waals surface area contributed by atoms with E-state index in [9.17, 15) is 0 Å². The van der Waals surface area contributed by atoms with Gasteiger partial charge in [-0.25, -0.2) is 0 Å². The number of rotatable bonds is 8. The molecule has 2 nitrogen and oxygen atoms in total. The van der Waals surface area contributed by atoms with Crippen LogP contribution in [0.4, 0.5) is 0 Å². The molecule has 1 N–H and O–H groups in total. The zero-order valence-corrected chi connectivity index (χ0v) is 14.9. The Balaban J connectivity index is 1.38. The molecule has 2 aromatic carbocycles. The second-order valence-corrected chi connectivity index (χ2v) is 6.58. The van der Waals surface area contributed by atoms with Crippen LogP contribution in [0.2, 0.25) is 0 Å². The number of pyridine rings is 1. The van der Waals surface area contributed by atoms with Crippen LogP contribution < -0.4 is 5.32 Å². The summed E-state index contributed by atoms with van der Waals surface area (Å²) in [5, 5.41) is 6.09. The third-order valence-corrected chi connectivity index (χ3v) is 4.48. The summed E-state index contributed by atoms with van der Waals surface area (Å²) in [6.07, 6.45) is 11.8. The van der Waals surface area contributed by atoms with Crippen LogP contribution in [0.25, 0.3) is 16.8 Å². The highest BCUT2D eigenvalue weighted by atomic mass is 14.9. The summed E-state index contributed by atoms with van der Waals surface area (Å²) >= 11 is 0. The van der Waals surface area contributed by atoms with Crippen molar-refractivity contribution >= 4 is 16.8 Å². The number of hydrogen-bond acceptors (Lipinski definition) is 2. The van der Waals surface area contributed by atoms with Crippen molar-refractivity contribution in [2.24, 2.45) is 0 Å². The zero-order chi connectivity index (χ0) is 17.3. The molecule has 0 fully saturated rings. The molecule has 3 rings (SSSR count). The Labute approximate surface area is 150 Å². The minimum Gasteiger partial charge on any atom is -0.310 e. The topological polar surface area (TPSA) is 24.9 Å².